The molecule has 0 bridgehead atoms. The maximum absolute atomic E-state index is 4.64. The van der Waals surface area contributed by atoms with Crippen molar-refractivity contribution < 1.29 is 0 Å². The van der Waals surface area contributed by atoms with Crippen molar-refractivity contribution in [2.24, 2.45) is 0 Å². The number of benzene rings is 1. The number of hydrogen-bond acceptors (Lipinski definition) is 6. The molecular weight excluding hydrogens is 426 g/mol. The predicted octanol–water partition coefficient (Wildman–Crippen LogP) is 7.25. The lowest BCUT2D eigenvalue weighted by Crippen LogP contribution is -1.87. The van der Waals surface area contributed by atoms with Gasteiger partial charge in [0.2, 0.25) is 0 Å². The number of aryl methyl sites for hydroxylation is 3. The van der Waals surface area contributed by atoms with Crippen LogP contribution >= 0.6 is 35.3 Å². The van der Waals surface area contributed by atoms with E-state index >= 15 is 0 Å². The van der Waals surface area contributed by atoms with Crippen LogP contribution in [0.4, 0.5) is 0 Å². The van der Waals surface area contributed by atoms with Gasteiger partial charge in [0.25, 0.3) is 0 Å². The topological polar surface area (TPSA) is 38.7 Å². The van der Waals surface area contributed by atoms with E-state index in [1.54, 1.807) is 35.3 Å². The van der Waals surface area contributed by atoms with E-state index < -0.39 is 0 Å². The Morgan fingerprint density at radius 1 is 0.467 bits per heavy atom. The lowest BCUT2D eigenvalue weighted by Gasteiger charge is -2.10. The molecule has 0 saturated carbocycles. The minimum atomic E-state index is 0.996. The van der Waals surface area contributed by atoms with E-state index in [0.717, 1.165) is 46.8 Å². The van der Waals surface area contributed by atoms with E-state index in [2.05, 4.69) is 51.4 Å². The molecule has 0 fully saturated rings. The molecule has 0 spiro atoms. The zero-order valence-corrected chi connectivity index (χ0v) is 19.4. The van der Waals surface area contributed by atoms with Gasteiger partial charge in [-0.15, -0.1) is 0 Å². The van der Waals surface area contributed by atoms with Gasteiger partial charge in [-0.25, -0.2) is 15.0 Å². The van der Waals surface area contributed by atoms with Gasteiger partial charge in [0.15, 0.2) is 0 Å². The first kappa shape index (κ1) is 21.0. The fourth-order valence-corrected chi connectivity index (χ4v) is 5.88. The highest BCUT2D eigenvalue weighted by molar-refractivity contribution is 8.00. The van der Waals surface area contributed by atoms with E-state index in [1.165, 1.54) is 0 Å². The average Bonchev–Trinajstić information content (AvgIpc) is 2.68. The summed E-state index contributed by atoms with van der Waals surface area (Å²) in [6, 6.07) is 25.0. The number of hydrogen-bond donors (Lipinski definition) is 0. The third kappa shape index (κ3) is 5.88. The molecule has 0 N–H and O–H groups in total. The zero-order valence-electron chi connectivity index (χ0n) is 17.0. The molecule has 30 heavy (non-hydrogen) atoms. The molecule has 150 valence electrons. The largest absolute Gasteiger partial charge is 0.246 e. The van der Waals surface area contributed by atoms with Crippen LogP contribution in [0.5, 0.6) is 0 Å². The van der Waals surface area contributed by atoms with Crippen molar-refractivity contribution in [1.82, 2.24) is 15.0 Å². The van der Waals surface area contributed by atoms with Crippen LogP contribution in [-0.2, 0) is 0 Å². The number of rotatable bonds is 6. The molecule has 0 atom stereocenters. The third-order valence-electron chi connectivity index (χ3n) is 4.11. The van der Waals surface area contributed by atoms with Crippen LogP contribution < -0.4 is 0 Å². The number of aromatic nitrogens is 3. The highest BCUT2D eigenvalue weighted by Crippen LogP contribution is 2.38. The highest BCUT2D eigenvalue weighted by Gasteiger charge is 2.09. The Kier molecular flexibility index (Phi) is 6.77. The Hall–Kier alpha value is -2.28. The molecule has 6 heteroatoms. The summed E-state index contributed by atoms with van der Waals surface area (Å²) < 4.78 is 0. The Morgan fingerprint density at radius 2 is 0.767 bits per heavy atom. The monoisotopic (exact) mass is 447 g/mol. The second kappa shape index (κ2) is 9.69. The summed E-state index contributed by atoms with van der Waals surface area (Å²) in [6.07, 6.45) is 0. The summed E-state index contributed by atoms with van der Waals surface area (Å²) in [5.74, 6) is 0. The maximum atomic E-state index is 4.64. The molecule has 3 aromatic heterocycles. The van der Waals surface area contributed by atoms with Crippen molar-refractivity contribution in [2.75, 3.05) is 0 Å². The summed E-state index contributed by atoms with van der Waals surface area (Å²) in [6.45, 7) is 6.05. The molecule has 0 aliphatic heterocycles. The summed E-state index contributed by atoms with van der Waals surface area (Å²) in [5, 5.41) is 2.99. The van der Waals surface area contributed by atoms with Gasteiger partial charge in [0, 0.05) is 31.8 Å². The molecule has 4 rings (SSSR count). The molecule has 0 aliphatic carbocycles. The van der Waals surface area contributed by atoms with Crippen LogP contribution in [0.3, 0.4) is 0 Å². The van der Waals surface area contributed by atoms with Crippen molar-refractivity contribution >= 4 is 35.3 Å². The van der Waals surface area contributed by atoms with Crippen molar-refractivity contribution in [3.05, 3.63) is 89.9 Å². The Labute approximate surface area is 190 Å². The number of nitrogens with zero attached hydrogens (tertiary/aromatic N) is 3. The fraction of sp³-hybridized carbons (Fsp3) is 0.125. The molecule has 4 aromatic rings. The third-order valence-corrected chi connectivity index (χ3v) is 6.83. The van der Waals surface area contributed by atoms with Gasteiger partial charge in [0.05, 0.1) is 0 Å². The first-order valence-electron chi connectivity index (χ1n) is 9.53. The Balaban J connectivity index is 1.67. The zero-order chi connectivity index (χ0) is 20.9. The quantitative estimate of drug-likeness (QED) is 0.310. The standard InChI is InChI=1S/C24H21N3S3/c1-16-7-4-10-22(25-16)28-19-13-20(29-23-11-5-8-17(2)26-23)15-21(14-19)30-24-12-6-9-18(3)27-24/h4-15H,1-3H3. The predicted molar refractivity (Wildman–Crippen MR) is 126 cm³/mol. The second-order valence-electron chi connectivity index (χ2n) is 6.80. The SMILES string of the molecule is Cc1cccc(Sc2cc(Sc3cccc(C)n3)cc(Sc3cccc(C)n3)c2)n1. The van der Waals surface area contributed by atoms with Crippen LogP contribution in [-0.4, -0.2) is 15.0 Å². The van der Waals surface area contributed by atoms with Crippen molar-refractivity contribution in [3.8, 4) is 0 Å². The van der Waals surface area contributed by atoms with Crippen molar-refractivity contribution in [3.63, 3.8) is 0 Å². The molecule has 0 saturated heterocycles. The minimum absolute atomic E-state index is 0.996. The number of pyridine rings is 3. The van der Waals surface area contributed by atoms with Gasteiger partial charge >= 0.3 is 0 Å². The summed E-state index contributed by atoms with van der Waals surface area (Å²) in [5.41, 5.74) is 3.06. The molecule has 1 aromatic carbocycles. The first-order chi connectivity index (χ1) is 14.5. The van der Waals surface area contributed by atoms with Crippen LogP contribution in [0, 0.1) is 20.8 Å². The van der Waals surface area contributed by atoms with Crippen LogP contribution in [0.2, 0.25) is 0 Å². The van der Waals surface area contributed by atoms with Gasteiger partial charge in [-0.1, -0.05) is 53.5 Å². The Morgan fingerprint density at radius 3 is 1.03 bits per heavy atom. The first-order valence-corrected chi connectivity index (χ1v) is 12.0. The Bertz CT molecular complexity index is 1020. The van der Waals surface area contributed by atoms with Crippen LogP contribution in [0.25, 0.3) is 0 Å². The van der Waals surface area contributed by atoms with Gasteiger partial charge in [-0.05, 0) is 75.4 Å². The highest BCUT2D eigenvalue weighted by atomic mass is 32.2. The van der Waals surface area contributed by atoms with E-state index in [-0.39, 0.29) is 0 Å². The lowest BCUT2D eigenvalue weighted by atomic mass is 10.4. The molecule has 0 amide bonds. The van der Waals surface area contributed by atoms with Gasteiger partial charge < -0.3 is 0 Å². The molecule has 0 unspecified atom stereocenters. The summed E-state index contributed by atoms with van der Waals surface area (Å²) >= 11 is 5.04. The lowest BCUT2D eigenvalue weighted by molar-refractivity contribution is 1.05. The molecular formula is C24H21N3S3. The molecule has 3 heterocycles. The van der Waals surface area contributed by atoms with E-state index in [9.17, 15) is 0 Å². The second-order valence-corrected chi connectivity index (χ2v) is 10.1. The van der Waals surface area contributed by atoms with Crippen LogP contribution in [0.1, 0.15) is 17.1 Å². The van der Waals surface area contributed by atoms with Gasteiger partial charge in [-0.3, -0.25) is 0 Å². The fourth-order valence-electron chi connectivity index (χ4n) is 2.81. The normalized spacial score (nSPS) is 10.9. The molecule has 0 radical (unpaired) electrons. The molecule has 0 aliphatic rings. The molecule has 3 nitrogen and oxygen atoms in total. The summed E-state index contributed by atoms with van der Waals surface area (Å²) in [7, 11) is 0. The van der Waals surface area contributed by atoms with E-state index in [0.29, 0.717) is 0 Å². The smallest absolute Gasteiger partial charge is 0.101 e. The summed E-state index contributed by atoms with van der Waals surface area (Å²) in [4.78, 5) is 17.4. The average molecular weight is 448 g/mol. The van der Waals surface area contributed by atoms with E-state index in [1.807, 2.05) is 57.2 Å². The minimum Gasteiger partial charge on any atom is -0.246 e. The van der Waals surface area contributed by atoms with Gasteiger partial charge in [0.1, 0.15) is 15.1 Å². The van der Waals surface area contributed by atoms with Crippen LogP contribution in [0.15, 0.2) is 103 Å². The maximum Gasteiger partial charge on any atom is 0.101 e. The van der Waals surface area contributed by atoms with Crippen molar-refractivity contribution in [2.45, 2.75) is 50.5 Å². The van der Waals surface area contributed by atoms with Gasteiger partial charge in [-0.2, -0.15) is 0 Å². The van der Waals surface area contributed by atoms with E-state index in [4.69, 9.17) is 0 Å². The van der Waals surface area contributed by atoms with Crippen molar-refractivity contribution in [1.29, 1.82) is 0 Å².